The van der Waals surface area contributed by atoms with Crippen LogP contribution in [0.25, 0.3) is 0 Å². The third-order valence-corrected chi connectivity index (χ3v) is 3.73. The molecule has 1 aliphatic rings. The van der Waals surface area contributed by atoms with Crippen molar-refractivity contribution in [1.82, 2.24) is 5.32 Å². The van der Waals surface area contributed by atoms with Gasteiger partial charge in [-0.1, -0.05) is 24.6 Å². The Kier molecular flexibility index (Phi) is 4.06. The van der Waals surface area contributed by atoms with Gasteiger partial charge in [0.15, 0.2) is 0 Å². The van der Waals surface area contributed by atoms with Gasteiger partial charge in [0.25, 0.3) is 0 Å². The molecule has 2 unspecified atom stereocenters. The summed E-state index contributed by atoms with van der Waals surface area (Å²) < 4.78 is 0. The lowest BCUT2D eigenvalue weighted by Crippen LogP contribution is -2.44. The monoisotopic (exact) mass is 232 g/mol. The van der Waals surface area contributed by atoms with Gasteiger partial charge in [0.05, 0.1) is 0 Å². The molecule has 0 radical (unpaired) electrons. The quantitative estimate of drug-likeness (QED) is 0.862. The molecule has 1 aliphatic heterocycles. The average Bonchev–Trinajstić information content (AvgIpc) is 2.29. The van der Waals surface area contributed by atoms with Crippen LogP contribution in [0.1, 0.15) is 25.3 Å². The largest absolute Gasteiger partial charge is 0.373 e. The minimum Gasteiger partial charge on any atom is -0.373 e. The van der Waals surface area contributed by atoms with Crippen molar-refractivity contribution in [1.29, 1.82) is 0 Å². The summed E-state index contributed by atoms with van der Waals surface area (Å²) in [6, 6.07) is 9.43. The standard InChI is InChI=1S/C15H24N2/c1-12-4-6-15(7-5-12)17(3)11-14-10-13(2)8-9-16-14/h4-7,13-14,16H,8-11H2,1-3H3. The fourth-order valence-corrected chi connectivity index (χ4v) is 2.60. The summed E-state index contributed by atoms with van der Waals surface area (Å²) in [5.41, 5.74) is 2.64. The molecule has 1 saturated heterocycles. The van der Waals surface area contributed by atoms with Crippen LogP contribution in [0.5, 0.6) is 0 Å². The third-order valence-electron chi connectivity index (χ3n) is 3.73. The zero-order chi connectivity index (χ0) is 12.3. The van der Waals surface area contributed by atoms with Crippen LogP contribution in [0.2, 0.25) is 0 Å². The smallest absolute Gasteiger partial charge is 0.0364 e. The molecule has 1 aromatic rings. The third kappa shape index (κ3) is 3.47. The maximum Gasteiger partial charge on any atom is 0.0364 e. The van der Waals surface area contributed by atoms with E-state index >= 15 is 0 Å². The second-order valence-corrected chi connectivity index (χ2v) is 5.50. The van der Waals surface area contributed by atoms with Crippen molar-refractivity contribution in [2.75, 3.05) is 25.0 Å². The van der Waals surface area contributed by atoms with E-state index < -0.39 is 0 Å². The van der Waals surface area contributed by atoms with Gasteiger partial charge < -0.3 is 10.2 Å². The van der Waals surface area contributed by atoms with Gasteiger partial charge in [0.2, 0.25) is 0 Å². The highest BCUT2D eigenvalue weighted by Gasteiger charge is 2.19. The van der Waals surface area contributed by atoms with E-state index in [-0.39, 0.29) is 0 Å². The van der Waals surface area contributed by atoms with Crippen molar-refractivity contribution in [3.63, 3.8) is 0 Å². The van der Waals surface area contributed by atoms with Gasteiger partial charge in [-0.25, -0.2) is 0 Å². The molecule has 0 aromatic heterocycles. The predicted octanol–water partition coefficient (Wildman–Crippen LogP) is 2.82. The topological polar surface area (TPSA) is 15.3 Å². The number of anilines is 1. The lowest BCUT2D eigenvalue weighted by molar-refractivity contribution is 0.322. The van der Waals surface area contributed by atoms with Gasteiger partial charge in [0, 0.05) is 25.3 Å². The van der Waals surface area contributed by atoms with Crippen molar-refractivity contribution >= 4 is 5.69 Å². The molecule has 1 aromatic carbocycles. The molecule has 0 aliphatic carbocycles. The van der Waals surface area contributed by atoms with Crippen molar-refractivity contribution in [2.24, 2.45) is 5.92 Å². The van der Waals surface area contributed by atoms with Crippen LogP contribution in [0.4, 0.5) is 5.69 Å². The maximum absolute atomic E-state index is 3.62. The Labute approximate surface area is 105 Å². The zero-order valence-corrected chi connectivity index (χ0v) is 11.2. The molecular formula is C15H24N2. The Balaban J connectivity index is 1.91. The summed E-state index contributed by atoms with van der Waals surface area (Å²) in [5, 5.41) is 3.62. The van der Waals surface area contributed by atoms with Gasteiger partial charge in [-0.3, -0.25) is 0 Å². The number of piperidine rings is 1. The van der Waals surface area contributed by atoms with Gasteiger partial charge in [-0.05, 0) is 44.4 Å². The lowest BCUT2D eigenvalue weighted by atomic mass is 9.94. The van der Waals surface area contributed by atoms with Crippen molar-refractivity contribution in [3.05, 3.63) is 29.8 Å². The van der Waals surface area contributed by atoms with Crippen LogP contribution in [0.15, 0.2) is 24.3 Å². The predicted molar refractivity (Wildman–Crippen MR) is 74.6 cm³/mol. The first-order valence-corrected chi connectivity index (χ1v) is 6.66. The van der Waals surface area contributed by atoms with Crippen LogP contribution in [-0.2, 0) is 0 Å². The van der Waals surface area contributed by atoms with E-state index in [0.29, 0.717) is 6.04 Å². The molecule has 0 saturated carbocycles. The molecular weight excluding hydrogens is 208 g/mol. The minimum absolute atomic E-state index is 0.644. The number of hydrogen-bond acceptors (Lipinski definition) is 2. The van der Waals surface area contributed by atoms with Crippen LogP contribution in [0, 0.1) is 12.8 Å². The molecule has 2 nitrogen and oxygen atoms in total. The first kappa shape index (κ1) is 12.4. The molecule has 1 fully saturated rings. The normalized spacial score (nSPS) is 24.6. The van der Waals surface area contributed by atoms with Crippen molar-refractivity contribution < 1.29 is 0 Å². The van der Waals surface area contributed by atoms with E-state index in [1.165, 1.54) is 30.6 Å². The number of aryl methyl sites for hydroxylation is 1. The molecule has 94 valence electrons. The first-order valence-electron chi connectivity index (χ1n) is 6.66. The van der Waals surface area contributed by atoms with E-state index in [4.69, 9.17) is 0 Å². The van der Waals surface area contributed by atoms with Crippen LogP contribution >= 0.6 is 0 Å². The Morgan fingerprint density at radius 1 is 1.29 bits per heavy atom. The summed E-state index contributed by atoms with van der Waals surface area (Å²) in [4.78, 5) is 2.36. The summed E-state index contributed by atoms with van der Waals surface area (Å²) in [5.74, 6) is 0.868. The molecule has 17 heavy (non-hydrogen) atoms. The fraction of sp³-hybridized carbons (Fsp3) is 0.600. The second-order valence-electron chi connectivity index (χ2n) is 5.50. The summed E-state index contributed by atoms with van der Waals surface area (Å²) in [7, 11) is 2.19. The summed E-state index contributed by atoms with van der Waals surface area (Å²) in [6.07, 6.45) is 2.63. The Hall–Kier alpha value is -1.02. The Bertz CT molecular complexity index is 344. The number of rotatable bonds is 3. The maximum atomic E-state index is 3.62. The Morgan fingerprint density at radius 2 is 2.00 bits per heavy atom. The molecule has 2 atom stereocenters. The van der Waals surface area contributed by atoms with Gasteiger partial charge in [-0.2, -0.15) is 0 Å². The minimum atomic E-state index is 0.644. The van der Waals surface area contributed by atoms with Crippen molar-refractivity contribution in [2.45, 2.75) is 32.7 Å². The highest BCUT2D eigenvalue weighted by atomic mass is 15.1. The Morgan fingerprint density at radius 3 is 2.65 bits per heavy atom. The summed E-state index contributed by atoms with van der Waals surface area (Å²) >= 11 is 0. The lowest BCUT2D eigenvalue weighted by Gasteiger charge is -2.32. The molecule has 2 heteroatoms. The molecule has 2 rings (SSSR count). The van der Waals surface area contributed by atoms with Gasteiger partial charge >= 0.3 is 0 Å². The number of benzene rings is 1. The molecule has 0 spiro atoms. The number of likely N-dealkylation sites (N-methyl/N-ethyl adjacent to an activating group) is 1. The molecule has 0 amide bonds. The van der Waals surface area contributed by atoms with E-state index in [1.54, 1.807) is 0 Å². The van der Waals surface area contributed by atoms with Crippen LogP contribution < -0.4 is 10.2 Å². The number of nitrogens with one attached hydrogen (secondary N) is 1. The molecule has 1 heterocycles. The second kappa shape index (κ2) is 5.54. The van der Waals surface area contributed by atoms with Gasteiger partial charge in [0.1, 0.15) is 0 Å². The number of hydrogen-bond donors (Lipinski definition) is 1. The first-order chi connectivity index (χ1) is 8.15. The highest BCUT2D eigenvalue weighted by Crippen LogP contribution is 2.18. The van der Waals surface area contributed by atoms with Crippen LogP contribution in [-0.4, -0.2) is 26.2 Å². The van der Waals surface area contributed by atoms with Crippen LogP contribution in [0.3, 0.4) is 0 Å². The molecule has 1 N–H and O–H groups in total. The molecule has 0 bridgehead atoms. The van der Waals surface area contributed by atoms with E-state index in [1.807, 2.05) is 0 Å². The van der Waals surface area contributed by atoms with E-state index in [9.17, 15) is 0 Å². The number of nitrogens with zero attached hydrogens (tertiary/aromatic N) is 1. The van der Waals surface area contributed by atoms with E-state index in [2.05, 4.69) is 55.4 Å². The SMILES string of the molecule is Cc1ccc(N(C)CC2CC(C)CCN2)cc1. The fourth-order valence-electron chi connectivity index (χ4n) is 2.60. The summed E-state index contributed by atoms with van der Waals surface area (Å²) in [6.45, 7) is 6.77. The zero-order valence-electron chi connectivity index (χ0n) is 11.2. The van der Waals surface area contributed by atoms with Gasteiger partial charge in [-0.15, -0.1) is 0 Å². The van der Waals surface area contributed by atoms with E-state index in [0.717, 1.165) is 12.5 Å². The van der Waals surface area contributed by atoms with Crippen molar-refractivity contribution in [3.8, 4) is 0 Å². The average molecular weight is 232 g/mol. The highest BCUT2D eigenvalue weighted by molar-refractivity contribution is 5.46.